The number of carboxylic acids is 1. The third kappa shape index (κ3) is 6.48. The van der Waals surface area contributed by atoms with Crippen LogP contribution in [0, 0.1) is 5.82 Å². The Hall–Kier alpha value is -1.76. The number of rotatable bonds is 8. The van der Waals surface area contributed by atoms with Crippen LogP contribution in [0.1, 0.15) is 29.6 Å². The van der Waals surface area contributed by atoms with Gasteiger partial charge in [0.25, 0.3) is 0 Å². The molecule has 0 fully saturated rings. The highest BCUT2D eigenvalue weighted by Gasteiger charge is 2.10. The average molecular weight is 314 g/mol. The monoisotopic (exact) mass is 314 g/mol. The van der Waals surface area contributed by atoms with Crippen LogP contribution in [-0.2, 0) is 0 Å². The molecule has 0 saturated carbocycles. The van der Waals surface area contributed by atoms with Crippen LogP contribution in [0.4, 0.5) is 14.9 Å². The van der Waals surface area contributed by atoms with Crippen LogP contribution >= 0.6 is 11.8 Å². The van der Waals surface area contributed by atoms with Gasteiger partial charge in [0.1, 0.15) is 5.82 Å². The zero-order valence-corrected chi connectivity index (χ0v) is 12.6. The molecule has 0 spiro atoms. The third-order valence-electron chi connectivity index (χ3n) is 2.78. The van der Waals surface area contributed by atoms with Crippen LogP contribution in [0.5, 0.6) is 0 Å². The molecule has 0 aliphatic rings. The molecule has 3 N–H and O–H groups in total. The number of halogens is 1. The minimum absolute atomic E-state index is 0.0418. The number of benzene rings is 1. The van der Waals surface area contributed by atoms with E-state index in [-0.39, 0.29) is 11.3 Å². The predicted molar refractivity (Wildman–Crippen MR) is 82.6 cm³/mol. The summed E-state index contributed by atoms with van der Waals surface area (Å²) in [6.45, 7) is 0.523. The smallest absolute Gasteiger partial charge is 0.335 e. The number of amides is 2. The van der Waals surface area contributed by atoms with E-state index in [9.17, 15) is 14.0 Å². The number of unbranched alkanes of at least 4 members (excludes halogenated alkanes) is 2. The fraction of sp³-hybridized carbons (Fsp3) is 0.429. The number of thioether (sulfide) groups is 1. The first-order chi connectivity index (χ1) is 10.0. The molecule has 1 aromatic rings. The van der Waals surface area contributed by atoms with Crippen LogP contribution in [-0.4, -0.2) is 35.7 Å². The molecule has 21 heavy (non-hydrogen) atoms. The summed E-state index contributed by atoms with van der Waals surface area (Å²) in [5.41, 5.74) is -0.202. The second kappa shape index (κ2) is 9.23. The zero-order valence-electron chi connectivity index (χ0n) is 11.8. The Morgan fingerprint density at radius 3 is 2.67 bits per heavy atom. The molecule has 0 aliphatic heterocycles. The van der Waals surface area contributed by atoms with Crippen molar-refractivity contribution in [2.24, 2.45) is 0 Å². The van der Waals surface area contributed by atoms with Gasteiger partial charge in [0.05, 0.1) is 11.3 Å². The van der Waals surface area contributed by atoms with Crippen molar-refractivity contribution in [2.45, 2.75) is 19.3 Å². The molecule has 7 heteroatoms. The molecule has 2 amide bonds. The number of carbonyl (C=O) groups excluding carboxylic acids is 1. The van der Waals surface area contributed by atoms with Gasteiger partial charge in [0, 0.05) is 6.54 Å². The van der Waals surface area contributed by atoms with Crippen molar-refractivity contribution in [3.63, 3.8) is 0 Å². The van der Waals surface area contributed by atoms with Crippen molar-refractivity contribution >= 4 is 29.4 Å². The summed E-state index contributed by atoms with van der Waals surface area (Å²) >= 11 is 1.79. The molecular weight excluding hydrogens is 295 g/mol. The van der Waals surface area contributed by atoms with E-state index in [1.807, 2.05) is 0 Å². The number of carboxylic acid groups (broad SMARTS) is 1. The van der Waals surface area contributed by atoms with Gasteiger partial charge in [-0.1, -0.05) is 6.42 Å². The van der Waals surface area contributed by atoms with E-state index in [2.05, 4.69) is 16.9 Å². The van der Waals surface area contributed by atoms with E-state index in [4.69, 9.17) is 5.11 Å². The first-order valence-corrected chi connectivity index (χ1v) is 8.00. The lowest BCUT2D eigenvalue weighted by atomic mass is 10.2. The lowest BCUT2D eigenvalue weighted by Gasteiger charge is -2.08. The van der Waals surface area contributed by atoms with Gasteiger partial charge in [-0.05, 0) is 43.0 Å². The van der Waals surface area contributed by atoms with Crippen molar-refractivity contribution in [3.8, 4) is 0 Å². The quantitative estimate of drug-likeness (QED) is 0.644. The molecule has 0 saturated heterocycles. The van der Waals surface area contributed by atoms with Crippen LogP contribution in [0.3, 0.4) is 0 Å². The molecule has 1 aromatic carbocycles. The van der Waals surface area contributed by atoms with Crippen molar-refractivity contribution < 1.29 is 19.1 Å². The van der Waals surface area contributed by atoms with Gasteiger partial charge in [0.15, 0.2) is 0 Å². The highest BCUT2D eigenvalue weighted by molar-refractivity contribution is 7.98. The van der Waals surface area contributed by atoms with Crippen LogP contribution in [0.15, 0.2) is 18.2 Å². The van der Waals surface area contributed by atoms with Crippen LogP contribution < -0.4 is 10.6 Å². The summed E-state index contributed by atoms with van der Waals surface area (Å²) in [6, 6.07) is 2.85. The third-order valence-corrected chi connectivity index (χ3v) is 3.47. The lowest BCUT2D eigenvalue weighted by molar-refractivity contribution is 0.0696. The van der Waals surface area contributed by atoms with Crippen molar-refractivity contribution in [2.75, 3.05) is 23.9 Å². The van der Waals surface area contributed by atoms with Crippen LogP contribution in [0.25, 0.3) is 0 Å². The number of carbonyl (C=O) groups is 2. The summed E-state index contributed by atoms with van der Waals surface area (Å²) < 4.78 is 13.6. The highest BCUT2D eigenvalue weighted by atomic mass is 32.2. The number of urea groups is 1. The Balaban J connectivity index is 2.36. The molecule has 0 aliphatic carbocycles. The van der Waals surface area contributed by atoms with Gasteiger partial charge in [-0.3, -0.25) is 0 Å². The Bertz CT molecular complexity index is 497. The molecular formula is C14H19FN2O3S. The zero-order chi connectivity index (χ0) is 15.7. The Morgan fingerprint density at radius 1 is 1.29 bits per heavy atom. The molecule has 0 radical (unpaired) electrons. The molecule has 0 unspecified atom stereocenters. The standard InChI is InChI=1S/C14H19FN2O3S/c1-21-8-4-2-3-7-16-14(20)17-12-6-5-10(13(18)19)9-11(12)15/h5-6,9H,2-4,7-8H2,1H3,(H,18,19)(H2,16,17,20). The minimum atomic E-state index is -1.21. The first-order valence-electron chi connectivity index (χ1n) is 6.61. The van der Waals surface area contributed by atoms with E-state index >= 15 is 0 Å². The summed E-state index contributed by atoms with van der Waals surface area (Å²) in [4.78, 5) is 22.2. The molecule has 5 nitrogen and oxygen atoms in total. The van der Waals surface area contributed by atoms with Crippen molar-refractivity contribution in [1.29, 1.82) is 0 Å². The maximum atomic E-state index is 13.6. The number of aromatic carboxylic acids is 1. The van der Waals surface area contributed by atoms with Gasteiger partial charge in [0.2, 0.25) is 0 Å². The summed E-state index contributed by atoms with van der Waals surface area (Å²) in [7, 11) is 0. The highest BCUT2D eigenvalue weighted by Crippen LogP contribution is 2.15. The Morgan fingerprint density at radius 2 is 2.05 bits per heavy atom. The number of nitrogens with one attached hydrogen (secondary N) is 2. The van der Waals surface area contributed by atoms with Crippen molar-refractivity contribution in [3.05, 3.63) is 29.6 Å². The molecule has 1 rings (SSSR count). The molecule has 0 bridgehead atoms. The average Bonchev–Trinajstić information content (AvgIpc) is 2.44. The first kappa shape index (κ1) is 17.3. The summed E-state index contributed by atoms with van der Waals surface area (Å²) in [5, 5.41) is 13.7. The van der Waals surface area contributed by atoms with E-state index < -0.39 is 17.8 Å². The Labute approximate surface area is 127 Å². The molecule has 0 atom stereocenters. The van der Waals surface area contributed by atoms with E-state index in [0.29, 0.717) is 6.54 Å². The second-order valence-electron chi connectivity index (χ2n) is 4.43. The van der Waals surface area contributed by atoms with Gasteiger partial charge in [-0.2, -0.15) is 11.8 Å². The molecule has 116 valence electrons. The van der Waals surface area contributed by atoms with Crippen LogP contribution in [0.2, 0.25) is 0 Å². The van der Waals surface area contributed by atoms with E-state index in [0.717, 1.165) is 31.1 Å². The normalized spacial score (nSPS) is 10.2. The van der Waals surface area contributed by atoms with Crippen molar-refractivity contribution in [1.82, 2.24) is 5.32 Å². The maximum absolute atomic E-state index is 13.6. The van der Waals surface area contributed by atoms with Gasteiger partial charge >= 0.3 is 12.0 Å². The molecule has 0 heterocycles. The number of anilines is 1. The fourth-order valence-electron chi connectivity index (χ4n) is 1.67. The summed E-state index contributed by atoms with van der Waals surface area (Å²) in [5.74, 6) is -0.881. The number of hydrogen-bond acceptors (Lipinski definition) is 3. The van der Waals surface area contributed by atoms with Gasteiger partial charge < -0.3 is 15.7 Å². The van der Waals surface area contributed by atoms with Gasteiger partial charge in [-0.15, -0.1) is 0 Å². The summed E-state index contributed by atoms with van der Waals surface area (Å²) in [6.07, 6.45) is 5.06. The lowest BCUT2D eigenvalue weighted by Crippen LogP contribution is -2.29. The number of hydrogen-bond donors (Lipinski definition) is 3. The van der Waals surface area contributed by atoms with E-state index in [1.54, 1.807) is 11.8 Å². The van der Waals surface area contributed by atoms with Gasteiger partial charge in [-0.25, -0.2) is 14.0 Å². The molecule has 0 aromatic heterocycles. The fourth-order valence-corrected chi connectivity index (χ4v) is 2.16. The second-order valence-corrected chi connectivity index (χ2v) is 5.42. The Kier molecular flexibility index (Phi) is 7.60. The topological polar surface area (TPSA) is 78.4 Å². The predicted octanol–water partition coefficient (Wildman–Crippen LogP) is 3.18. The minimum Gasteiger partial charge on any atom is -0.478 e. The largest absolute Gasteiger partial charge is 0.478 e. The van der Waals surface area contributed by atoms with E-state index in [1.165, 1.54) is 12.1 Å². The maximum Gasteiger partial charge on any atom is 0.335 e. The SMILES string of the molecule is CSCCCCCNC(=O)Nc1ccc(C(=O)O)cc1F.